The third-order valence-corrected chi connectivity index (χ3v) is 4.05. The zero-order chi connectivity index (χ0) is 15.3. The second-order valence-corrected chi connectivity index (χ2v) is 5.61. The minimum Gasteiger partial charge on any atom is -0.379 e. The van der Waals surface area contributed by atoms with E-state index in [1.165, 1.54) is 0 Å². The van der Waals surface area contributed by atoms with Crippen molar-refractivity contribution >= 4 is 5.91 Å². The van der Waals surface area contributed by atoms with Crippen LogP contribution >= 0.6 is 0 Å². The van der Waals surface area contributed by atoms with Gasteiger partial charge in [0.15, 0.2) is 0 Å². The van der Waals surface area contributed by atoms with Gasteiger partial charge in [-0.15, -0.1) is 0 Å². The third kappa shape index (κ3) is 5.44. The number of nitrogens with one attached hydrogen (secondary N) is 3. The van der Waals surface area contributed by atoms with Crippen LogP contribution in [0.15, 0.2) is 0 Å². The van der Waals surface area contributed by atoms with Crippen molar-refractivity contribution in [2.45, 2.75) is 37.5 Å². The van der Waals surface area contributed by atoms with E-state index in [4.69, 9.17) is 4.74 Å². The van der Waals surface area contributed by atoms with Gasteiger partial charge in [0.1, 0.15) is 6.54 Å². The zero-order valence-corrected chi connectivity index (χ0v) is 11.8. The van der Waals surface area contributed by atoms with Crippen molar-refractivity contribution in [1.82, 2.24) is 16.0 Å². The molecule has 3 atom stereocenters. The summed E-state index contributed by atoms with van der Waals surface area (Å²) in [6.45, 7) is 0.828. The summed E-state index contributed by atoms with van der Waals surface area (Å²) in [6.07, 6.45) is -1.32. The maximum Gasteiger partial charge on any atom is 0.405 e. The fraction of sp³-hybridized carbons (Fsp3) is 0.923. The van der Waals surface area contributed by atoms with Crippen LogP contribution < -0.4 is 16.0 Å². The zero-order valence-electron chi connectivity index (χ0n) is 11.8. The van der Waals surface area contributed by atoms with Crippen LogP contribution in [0.1, 0.15) is 19.3 Å². The summed E-state index contributed by atoms with van der Waals surface area (Å²) in [5, 5.41) is 8.37. The van der Waals surface area contributed by atoms with E-state index >= 15 is 0 Å². The Balaban J connectivity index is 1.72. The average Bonchev–Trinajstić information content (AvgIpc) is 2.91. The van der Waals surface area contributed by atoms with Gasteiger partial charge in [-0.3, -0.25) is 4.79 Å². The second kappa shape index (κ2) is 7.42. The highest BCUT2D eigenvalue weighted by Crippen LogP contribution is 2.29. The summed E-state index contributed by atoms with van der Waals surface area (Å²) in [7, 11) is 0. The summed E-state index contributed by atoms with van der Waals surface area (Å²) >= 11 is 0. The molecule has 1 aliphatic carbocycles. The van der Waals surface area contributed by atoms with Gasteiger partial charge in [-0.25, -0.2) is 0 Å². The van der Waals surface area contributed by atoms with Gasteiger partial charge in [-0.1, -0.05) is 6.42 Å². The largest absolute Gasteiger partial charge is 0.405 e. The number of alkyl halides is 3. The number of ether oxygens (including phenoxy) is 1. The molecule has 2 fully saturated rings. The number of hydrogen-bond donors (Lipinski definition) is 3. The molecule has 2 rings (SSSR count). The first-order valence-electron chi connectivity index (χ1n) is 7.33. The van der Waals surface area contributed by atoms with Gasteiger partial charge in [-0.05, 0) is 18.8 Å². The molecular weight excluding hydrogens is 287 g/mol. The van der Waals surface area contributed by atoms with Crippen molar-refractivity contribution in [2.75, 3.05) is 32.8 Å². The van der Waals surface area contributed by atoms with E-state index in [1.54, 1.807) is 0 Å². The van der Waals surface area contributed by atoms with Crippen LogP contribution in [0.3, 0.4) is 0 Å². The van der Waals surface area contributed by atoms with E-state index in [9.17, 15) is 18.0 Å². The first-order chi connectivity index (χ1) is 9.96. The molecule has 8 heteroatoms. The van der Waals surface area contributed by atoms with Crippen LogP contribution in [0.4, 0.5) is 13.2 Å². The maximum atomic E-state index is 12.0. The minimum absolute atomic E-state index is 0.0785. The second-order valence-electron chi connectivity index (χ2n) is 5.61. The van der Waals surface area contributed by atoms with Crippen LogP contribution in [0.2, 0.25) is 0 Å². The topological polar surface area (TPSA) is 62.4 Å². The standard InChI is InChI=1S/C13H22F3N3O2/c14-13(15,16)8-19-12(20)6-18-10-3-1-2-9(10)11-7-21-5-4-17-11/h9-11,17-18H,1-8H2,(H,19,20). The van der Waals surface area contributed by atoms with Gasteiger partial charge in [0.05, 0.1) is 19.8 Å². The number of halogens is 3. The summed E-state index contributed by atoms with van der Waals surface area (Å²) in [4.78, 5) is 11.4. The molecule has 1 aliphatic heterocycles. The van der Waals surface area contributed by atoms with E-state index in [-0.39, 0.29) is 18.6 Å². The Bertz CT molecular complexity index is 346. The minimum atomic E-state index is -4.37. The molecule has 1 saturated carbocycles. The number of rotatable bonds is 5. The molecule has 21 heavy (non-hydrogen) atoms. The van der Waals surface area contributed by atoms with Crippen molar-refractivity contribution < 1.29 is 22.7 Å². The first kappa shape index (κ1) is 16.5. The van der Waals surface area contributed by atoms with E-state index in [2.05, 4.69) is 10.6 Å². The molecule has 0 aromatic carbocycles. The fourth-order valence-electron chi connectivity index (χ4n) is 3.07. The molecule has 122 valence electrons. The Labute approximate surface area is 122 Å². The Kier molecular flexibility index (Phi) is 5.83. The van der Waals surface area contributed by atoms with Crippen molar-refractivity contribution in [3.63, 3.8) is 0 Å². The van der Waals surface area contributed by atoms with Crippen molar-refractivity contribution in [3.05, 3.63) is 0 Å². The van der Waals surface area contributed by atoms with Crippen LogP contribution in [0.25, 0.3) is 0 Å². The maximum absolute atomic E-state index is 12.0. The van der Waals surface area contributed by atoms with Crippen LogP contribution in [0, 0.1) is 5.92 Å². The summed E-state index contributed by atoms with van der Waals surface area (Å²) in [5.74, 6) is -0.258. The average molecular weight is 309 g/mol. The van der Waals surface area contributed by atoms with Gasteiger partial charge < -0.3 is 20.7 Å². The Morgan fingerprint density at radius 1 is 1.33 bits per heavy atom. The van der Waals surface area contributed by atoms with E-state index in [1.807, 2.05) is 5.32 Å². The smallest absolute Gasteiger partial charge is 0.379 e. The van der Waals surface area contributed by atoms with Crippen molar-refractivity contribution in [3.8, 4) is 0 Å². The number of amides is 1. The monoisotopic (exact) mass is 309 g/mol. The van der Waals surface area contributed by atoms with Crippen LogP contribution in [-0.2, 0) is 9.53 Å². The molecule has 1 saturated heterocycles. The molecule has 0 radical (unpaired) electrons. The quantitative estimate of drug-likeness (QED) is 0.688. The lowest BCUT2D eigenvalue weighted by atomic mass is 9.94. The lowest BCUT2D eigenvalue weighted by Crippen LogP contribution is -2.52. The highest BCUT2D eigenvalue weighted by Gasteiger charge is 2.34. The van der Waals surface area contributed by atoms with Crippen molar-refractivity contribution in [2.24, 2.45) is 5.92 Å². The van der Waals surface area contributed by atoms with E-state index in [0.717, 1.165) is 25.8 Å². The molecule has 3 N–H and O–H groups in total. The van der Waals surface area contributed by atoms with Gasteiger partial charge >= 0.3 is 6.18 Å². The fourth-order valence-corrected chi connectivity index (χ4v) is 3.07. The lowest BCUT2D eigenvalue weighted by molar-refractivity contribution is -0.138. The van der Waals surface area contributed by atoms with E-state index < -0.39 is 18.6 Å². The molecule has 1 amide bonds. The molecule has 3 unspecified atom stereocenters. The lowest BCUT2D eigenvalue weighted by Gasteiger charge is -2.32. The number of carbonyl (C=O) groups excluding carboxylic acids is 1. The SMILES string of the molecule is O=C(CNC1CCCC1C1COCCN1)NCC(F)(F)F. The molecule has 0 spiro atoms. The summed E-state index contributed by atoms with van der Waals surface area (Å²) in [5.41, 5.74) is 0. The summed E-state index contributed by atoms with van der Waals surface area (Å²) < 4.78 is 41.5. The molecule has 2 aliphatic rings. The van der Waals surface area contributed by atoms with Gasteiger partial charge in [0, 0.05) is 18.6 Å². The number of morpholine rings is 1. The van der Waals surface area contributed by atoms with E-state index in [0.29, 0.717) is 19.1 Å². The molecule has 0 aromatic heterocycles. The van der Waals surface area contributed by atoms with Crippen LogP contribution in [-0.4, -0.2) is 57.0 Å². The third-order valence-electron chi connectivity index (χ3n) is 4.05. The van der Waals surface area contributed by atoms with Gasteiger partial charge in [-0.2, -0.15) is 13.2 Å². The molecule has 0 bridgehead atoms. The molecule has 5 nitrogen and oxygen atoms in total. The predicted octanol–water partition coefficient (Wildman–Crippen LogP) is 0.412. The van der Waals surface area contributed by atoms with Crippen LogP contribution in [0.5, 0.6) is 0 Å². The Morgan fingerprint density at radius 3 is 2.81 bits per heavy atom. The summed E-state index contributed by atoms with van der Waals surface area (Å²) in [6, 6.07) is 0.415. The van der Waals surface area contributed by atoms with Gasteiger partial charge in [0.25, 0.3) is 0 Å². The molecule has 0 aromatic rings. The Morgan fingerprint density at radius 2 is 2.14 bits per heavy atom. The molecular formula is C13H22F3N3O2. The van der Waals surface area contributed by atoms with Gasteiger partial charge in [0.2, 0.25) is 5.91 Å². The highest BCUT2D eigenvalue weighted by atomic mass is 19.4. The van der Waals surface area contributed by atoms with Crippen molar-refractivity contribution in [1.29, 1.82) is 0 Å². The molecule has 1 heterocycles. The predicted molar refractivity (Wildman–Crippen MR) is 70.8 cm³/mol. The normalized spacial score (nSPS) is 30.3. The first-order valence-corrected chi connectivity index (χ1v) is 7.33. The number of carbonyl (C=O) groups is 1. The number of hydrogen-bond acceptors (Lipinski definition) is 4. The Hall–Kier alpha value is -0.860. The highest BCUT2D eigenvalue weighted by molar-refractivity contribution is 5.78.